The lowest BCUT2D eigenvalue weighted by molar-refractivity contribution is 0.640. The van der Waals surface area contributed by atoms with E-state index in [4.69, 9.17) is 0 Å². The molecule has 0 aromatic heterocycles. The second kappa shape index (κ2) is 3.33. The van der Waals surface area contributed by atoms with Crippen molar-refractivity contribution in [3.63, 3.8) is 0 Å². The highest BCUT2D eigenvalue weighted by atomic mass is 14.8. The number of nitrogens with one attached hydrogen (secondary N) is 1. The Hall–Kier alpha value is -0.720. The van der Waals surface area contributed by atoms with Crippen molar-refractivity contribution in [1.82, 2.24) is 5.32 Å². The maximum absolute atomic E-state index is 3.05. The SMILES string of the molecule is CCC1C=CNC=CC1. The maximum Gasteiger partial charge on any atom is -0.00329 e. The van der Waals surface area contributed by atoms with Gasteiger partial charge in [0.1, 0.15) is 0 Å². The van der Waals surface area contributed by atoms with E-state index >= 15 is 0 Å². The number of hydrogen-bond acceptors (Lipinski definition) is 1. The van der Waals surface area contributed by atoms with Gasteiger partial charge in [-0.15, -0.1) is 0 Å². The van der Waals surface area contributed by atoms with Crippen LogP contribution in [0.5, 0.6) is 0 Å². The lowest BCUT2D eigenvalue weighted by atomic mass is 10.0. The van der Waals surface area contributed by atoms with E-state index in [-0.39, 0.29) is 0 Å². The topological polar surface area (TPSA) is 12.0 Å². The van der Waals surface area contributed by atoms with Crippen LogP contribution in [0, 0.1) is 5.92 Å². The molecule has 1 aliphatic rings. The summed E-state index contributed by atoms with van der Waals surface area (Å²) >= 11 is 0. The van der Waals surface area contributed by atoms with Gasteiger partial charge in [0, 0.05) is 0 Å². The van der Waals surface area contributed by atoms with Crippen molar-refractivity contribution in [2.75, 3.05) is 0 Å². The van der Waals surface area contributed by atoms with Crippen molar-refractivity contribution in [3.05, 3.63) is 24.6 Å². The summed E-state index contributed by atoms with van der Waals surface area (Å²) < 4.78 is 0. The zero-order chi connectivity index (χ0) is 6.53. The van der Waals surface area contributed by atoms with Crippen LogP contribution in [0.1, 0.15) is 19.8 Å². The average molecular weight is 123 g/mol. The summed E-state index contributed by atoms with van der Waals surface area (Å²) in [6.45, 7) is 2.22. The summed E-state index contributed by atoms with van der Waals surface area (Å²) in [5.41, 5.74) is 0. The smallest absolute Gasteiger partial charge is 0.00329 e. The zero-order valence-corrected chi connectivity index (χ0v) is 5.80. The third kappa shape index (κ3) is 1.92. The van der Waals surface area contributed by atoms with Crippen molar-refractivity contribution in [1.29, 1.82) is 0 Å². The van der Waals surface area contributed by atoms with Gasteiger partial charge in [-0.1, -0.05) is 19.1 Å². The Labute approximate surface area is 56.5 Å². The number of allylic oxidation sites excluding steroid dienone is 2. The van der Waals surface area contributed by atoms with Gasteiger partial charge in [-0.25, -0.2) is 0 Å². The molecule has 0 radical (unpaired) electrons. The Bertz CT molecular complexity index is 125. The minimum Gasteiger partial charge on any atom is -0.368 e. The highest BCUT2D eigenvalue weighted by Gasteiger charge is 1.98. The lowest BCUT2D eigenvalue weighted by Gasteiger charge is -2.01. The first-order valence-electron chi connectivity index (χ1n) is 3.51. The summed E-state index contributed by atoms with van der Waals surface area (Å²) in [4.78, 5) is 0. The van der Waals surface area contributed by atoms with Gasteiger partial charge >= 0.3 is 0 Å². The molecule has 0 amide bonds. The molecule has 1 heterocycles. The van der Waals surface area contributed by atoms with Gasteiger partial charge in [-0.2, -0.15) is 0 Å². The second-order valence-corrected chi connectivity index (χ2v) is 2.33. The molecular formula is C8H13N. The molecule has 1 aliphatic heterocycles. The summed E-state index contributed by atoms with van der Waals surface area (Å²) in [6, 6.07) is 0. The monoisotopic (exact) mass is 123 g/mol. The van der Waals surface area contributed by atoms with Crippen LogP contribution in [-0.2, 0) is 0 Å². The fourth-order valence-electron chi connectivity index (χ4n) is 0.939. The highest BCUT2D eigenvalue weighted by molar-refractivity contribution is 4.98. The van der Waals surface area contributed by atoms with Gasteiger partial charge in [0.05, 0.1) is 0 Å². The molecule has 0 bridgehead atoms. The van der Waals surface area contributed by atoms with Crippen molar-refractivity contribution in [2.24, 2.45) is 5.92 Å². The van der Waals surface area contributed by atoms with Crippen LogP contribution in [0.2, 0.25) is 0 Å². The predicted molar refractivity (Wildman–Crippen MR) is 39.8 cm³/mol. The largest absolute Gasteiger partial charge is 0.368 e. The first kappa shape index (κ1) is 6.40. The number of hydrogen-bond donors (Lipinski definition) is 1. The molecule has 1 nitrogen and oxygen atoms in total. The van der Waals surface area contributed by atoms with Crippen LogP contribution in [0.3, 0.4) is 0 Å². The molecule has 0 aromatic rings. The van der Waals surface area contributed by atoms with E-state index in [0.29, 0.717) is 0 Å². The van der Waals surface area contributed by atoms with E-state index in [9.17, 15) is 0 Å². The molecule has 1 N–H and O–H groups in total. The number of rotatable bonds is 1. The molecular weight excluding hydrogens is 110 g/mol. The van der Waals surface area contributed by atoms with Crippen molar-refractivity contribution >= 4 is 0 Å². The first-order chi connectivity index (χ1) is 4.43. The molecule has 9 heavy (non-hydrogen) atoms. The molecule has 0 aliphatic carbocycles. The van der Waals surface area contributed by atoms with E-state index in [1.807, 2.05) is 12.4 Å². The molecule has 0 saturated heterocycles. The summed E-state index contributed by atoms with van der Waals surface area (Å²) in [7, 11) is 0. The van der Waals surface area contributed by atoms with E-state index in [0.717, 1.165) is 5.92 Å². The fraction of sp³-hybridized carbons (Fsp3) is 0.500. The van der Waals surface area contributed by atoms with Gasteiger partial charge in [-0.05, 0) is 31.2 Å². The van der Waals surface area contributed by atoms with Gasteiger partial charge < -0.3 is 5.32 Å². The molecule has 1 atom stereocenters. The van der Waals surface area contributed by atoms with Crippen molar-refractivity contribution in [2.45, 2.75) is 19.8 Å². The average Bonchev–Trinajstić information content (AvgIpc) is 2.13. The molecule has 0 fully saturated rings. The van der Waals surface area contributed by atoms with E-state index < -0.39 is 0 Å². The molecule has 1 heteroatoms. The highest BCUT2D eigenvalue weighted by Crippen LogP contribution is 2.11. The summed E-state index contributed by atoms with van der Waals surface area (Å²) in [5.74, 6) is 0.747. The second-order valence-electron chi connectivity index (χ2n) is 2.33. The van der Waals surface area contributed by atoms with Gasteiger partial charge in [0.2, 0.25) is 0 Å². The Kier molecular flexibility index (Phi) is 2.37. The molecule has 0 spiro atoms. The lowest BCUT2D eigenvalue weighted by Crippen LogP contribution is -1.91. The van der Waals surface area contributed by atoms with Crippen molar-refractivity contribution < 1.29 is 0 Å². The standard InChI is InChI=1S/C8H13N/c1-2-8-4-3-6-9-7-5-8/h3,5-9H,2,4H2,1H3. The normalized spacial score (nSPS) is 25.2. The molecule has 0 aromatic carbocycles. The minimum absolute atomic E-state index is 0.747. The van der Waals surface area contributed by atoms with Gasteiger partial charge in [0.25, 0.3) is 0 Å². The molecule has 1 unspecified atom stereocenters. The van der Waals surface area contributed by atoms with Crippen LogP contribution >= 0.6 is 0 Å². The van der Waals surface area contributed by atoms with Crippen LogP contribution in [0.15, 0.2) is 24.6 Å². The van der Waals surface area contributed by atoms with Crippen molar-refractivity contribution in [3.8, 4) is 0 Å². The maximum atomic E-state index is 3.05. The predicted octanol–water partition coefficient (Wildman–Crippen LogP) is 2.03. The first-order valence-corrected chi connectivity index (χ1v) is 3.51. The van der Waals surface area contributed by atoms with E-state index in [1.54, 1.807) is 0 Å². The van der Waals surface area contributed by atoms with E-state index in [1.165, 1.54) is 12.8 Å². The Morgan fingerprint density at radius 1 is 1.56 bits per heavy atom. The molecule has 0 saturated carbocycles. The third-order valence-corrected chi connectivity index (χ3v) is 1.64. The summed E-state index contributed by atoms with van der Waals surface area (Å²) in [6.07, 6.45) is 10.8. The van der Waals surface area contributed by atoms with Crippen LogP contribution in [0.25, 0.3) is 0 Å². The quantitative estimate of drug-likeness (QED) is 0.562. The van der Waals surface area contributed by atoms with Crippen LogP contribution < -0.4 is 5.32 Å². The summed E-state index contributed by atoms with van der Waals surface area (Å²) in [5, 5.41) is 3.05. The van der Waals surface area contributed by atoms with E-state index in [2.05, 4.69) is 24.4 Å². The minimum atomic E-state index is 0.747. The van der Waals surface area contributed by atoms with Gasteiger partial charge in [0.15, 0.2) is 0 Å². The van der Waals surface area contributed by atoms with Crippen LogP contribution in [-0.4, -0.2) is 0 Å². The molecule has 1 rings (SSSR count). The third-order valence-electron chi connectivity index (χ3n) is 1.64. The molecule has 50 valence electrons. The fourth-order valence-corrected chi connectivity index (χ4v) is 0.939. The van der Waals surface area contributed by atoms with Gasteiger partial charge in [-0.3, -0.25) is 0 Å². The van der Waals surface area contributed by atoms with Crippen LogP contribution in [0.4, 0.5) is 0 Å². The Morgan fingerprint density at radius 2 is 2.44 bits per heavy atom. The zero-order valence-electron chi connectivity index (χ0n) is 5.80. The Balaban J connectivity index is 2.44. The Morgan fingerprint density at radius 3 is 3.22 bits per heavy atom.